The van der Waals surface area contributed by atoms with E-state index >= 15 is 0 Å². The summed E-state index contributed by atoms with van der Waals surface area (Å²) in [5.74, 6) is -0.892. The van der Waals surface area contributed by atoms with Crippen LogP contribution >= 0.6 is 0 Å². The van der Waals surface area contributed by atoms with Crippen molar-refractivity contribution >= 4 is 17.6 Å². The van der Waals surface area contributed by atoms with Crippen molar-refractivity contribution in [2.24, 2.45) is 0 Å². The van der Waals surface area contributed by atoms with Crippen LogP contribution in [0.1, 0.15) is 37.0 Å². The summed E-state index contributed by atoms with van der Waals surface area (Å²) in [6.07, 6.45) is 0.588. The van der Waals surface area contributed by atoms with Crippen molar-refractivity contribution < 1.29 is 14.7 Å². The van der Waals surface area contributed by atoms with Crippen LogP contribution in [0.5, 0.6) is 0 Å². The van der Waals surface area contributed by atoms with Crippen molar-refractivity contribution in [3.63, 3.8) is 0 Å². The van der Waals surface area contributed by atoms with Gasteiger partial charge in [-0.15, -0.1) is 0 Å². The first-order chi connectivity index (χ1) is 11.3. The lowest BCUT2D eigenvalue weighted by Gasteiger charge is -2.24. The lowest BCUT2D eigenvalue weighted by Crippen LogP contribution is -2.34. The topological polar surface area (TPSA) is 66.4 Å². The molecule has 0 fully saturated rings. The second-order valence-corrected chi connectivity index (χ2v) is 6.54. The van der Waals surface area contributed by atoms with Gasteiger partial charge in [-0.2, -0.15) is 0 Å². The van der Waals surface area contributed by atoms with Crippen molar-refractivity contribution in [3.05, 3.63) is 65.2 Å². The van der Waals surface area contributed by atoms with Crippen molar-refractivity contribution in [2.75, 3.05) is 5.32 Å². The number of anilines is 1. The maximum Gasteiger partial charge on any atom is 0.303 e. The number of carboxylic acids is 1. The smallest absolute Gasteiger partial charge is 0.303 e. The minimum Gasteiger partial charge on any atom is -0.481 e. The summed E-state index contributed by atoms with van der Waals surface area (Å²) in [6, 6.07) is 15.3. The number of hydrogen-bond acceptors (Lipinski definition) is 2. The van der Waals surface area contributed by atoms with Gasteiger partial charge in [0.15, 0.2) is 0 Å². The average molecular weight is 325 g/mol. The van der Waals surface area contributed by atoms with Crippen molar-refractivity contribution in [1.82, 2.24) is 0 Å². The molecule has 0 radical (unpaired) electrons. The molecule has 0 aromatic heterocycles. The molecule has 2 aromatic rings. The number of carboxylic acid groups (broad SMARTS) is 1. The van der Waals surface area contributed by atoms with Gasteiger partial charge >= 0.3 is 5.97 Å². The summed E-state index contributed by atoms with van der Waals surface area (Å²) < 4.78 is 0. The van der Waals surface area contributed by atoms with Crippen LogP contribution in [0.4, 0.5) is 5.69 Å². The summed E-state index contributed by atoms with van der Waals surface area (Å²) in [4.78, 5) is 23.2. The molecule has 2 N–H and O–H groups in total. The number of carbonyl (C=O) groups is 2. The molecule has 4 nitrogen and oxygen atoms in total. The molecular formula is C20H23NO3. The Morgan fingerprint density at radius 2 is 1.58 bits per heavy atom. The normalized spacial score (nSPS) is 11.1. The predicted octanol–water partition coefficient (Wildman–Crippen LogP) is 3.93. The number of aryl methyl sites for hydroxylation is 2. The Morgan fingerprint density at radius 3 is 2.12 bits per heavy atom. The maximum absolute atomic E-state index is 12.6. The Hall–Kier alpha value is -2.62. The highest BCUT2D eigenvalue weighted by Gasteiger charge is 2.29. The Kier molecular flexibility index (Phi) is 5.39. The molecule has 126 valence electrons. The highest BCUT2D eigenvalue weighted by molar-refractivity contribution is 5.98. The Bertz CT molecular complexity index is 716. The summed E-state index contributed by atoms with van der Waals surface area (Å²) >= 11 is 0. The number of carbonyl (C=O) groups excluding carboxylic acids is 1. The first kappa shape index (κ1) is 17.7. The van der Waals surface area contributed by atoms with Gasteiger partial charge in [0.1, 0.15) is 0 Å². The first-order valence-corrected chi connectivity index (χ1v) is 7.98. The van der Waals surface area contributed by atoms with E-state index in [2.05, 4.69) is 5.32 Å². The SMILES string of the molecule is Cc1ccc(C(C)(C)C(=O)Nc2ccc(CCC(=O)O)cc2)cc1. The summed E-state index contributed by atoms with van der Waals surface area (Å²) in [7, 11) is 0. The summed E-state index contributed by atoms with van der Waals surface area (Å²) in [5.41, 5.74) is 3.12. The molecule has 0 bridgehead atoms. The van der Waals surface area contributed by atoms with Crippen molar-refractivity contribution in [1.29, 1.82) is 0 Å². The van der Waals surface area contributed by atoms with Crippen molar-refractivity contribution in [2.45, 2.75) is 39.0 Å². The van der Waals surface area contributed by atoms with Gasteiger partial charge in [0.05, 0.1) is 5.41 Å². The van der Waals surface area contributed by atoms with Gasteiger partial charge in [0.25, 0.3) is 0 Å². The van der Waals surface area contributed by atoms with Gasteiger partial charge in [-0.3, -0.25) is 9.59 Å². The van der Waals surface area contributed by atoms with E-state index in [1.54, 1.807) is 12.1 Å². The fourth-order valence-corrected chi connectivity index (χ4v) is 2.39. The third-order valence-corrected chi connectivity index (χ3v) is 4.18. The molecule has 0 aliphatic rings. The molecule has 2 rings (SSSR count). The second kappa shape index (κ2) is 7.30. The number of benzene rings is 2. The van der Waals surface area contributed by atoms with Gasteiger partial charge < -0.3 is 10.4 Å². The standard InChI is InChI=1S/C20H23NO3/c1-14-4-9-16(10-5-14)20(2,3)19(24)21-17-11-6-15(7-12-17)8-13-18(22)23/h4-7,9-12H,8,13H2,1-3H3,(H,21,24)(H,22,23). The van der Waals surface area contributed by atoms with Gasteiger partial charge in [0, 0.05) is 12.1 Å². The van der Waals surface area contributed by atoms with Gasteiger partial charge in [0.2, 0.25) is 5.91 Å². The molecule has 0 spiro atoms. The maximum atomic E-state index is 12.6. The van der Waals surface area contributed by atoms with Gasteiger partial charge in [-0.1, -0.05) is 42.0 Å². The quantitative estimate of drug-likeness (QED) is 0.845. The molecule has 24 heavy (non-hydrogen) atoms. The van der Waals surface area contributed by atoms with Crippen LogP contribution < -0.4 is 5.32 Å². The van der Waals surface area contributed by atoms with E-state index in [4.69, 9.17) is 5.11 Å². The molecule has 0 atom stereocenters. The Morgan fingerprint density at radius 1 is 1.00 bits per heavy atom. The minimum absolute atomic E-state index is 0.0790. The highest BCUT2D eigenvalue weighted by Crippen LogP contribution is 2.25. The molecule has 2 aromatic carbocycles. The van der Waals surface area contributed by atoms with Gasteiger partial charge in [-0.05, 0) is 50.5 Å². The monoisotopic (exact) mass is 325 g/mol. The number of nitrogens with one attached hydrogen (secondary N) is 1. The highest BCUT2D eigenvalue weighted by atomic mass is 16.4. The molecule has 4 heteroatoms. The largest absolute Gasteiger partial charge is 0.481 e. The molecule has 0 aliphatic heterocycles. The number of hydrogen-bond donors (Lipinski definition) is 2. The van der Waals surface area contributed by atoms with Crippen LogP contribution in [0.2, 0.25) is 0 Å². The van der Waals surface area contributed by atoms with Gasteiger partial charge in [-0.25, -0.2) is 0 Å². The molecule has 0 aliphatic carbocycles. The van der Waals surface area contributed by atoms with Crippen LogP contribution in [0.3, 0.4) is 0 Å². The molecular weight excluding hydrogens is 302 g/mol. The second-order valence-electron chi connectivity index (χ2n) is 6.54. The molecule has 0 saturated heterocycles. The van der Waals surface area contributed by atoms with Crippen LogP contribution in [0.15, 0.2) is 48.5 Å². The zero-order valence-electron chi connectivity index (χ0n) is 14.3. The van der Waals surface area contributed by atoms with Crippen LogP contribution in [-0.4, -0.2) is 17.0 Å². The lowest BCUT2D eigenvalue weighted by molar-refractivity contribution is -0.137. The predicted molar refractivity (Wildman–Crippen MR) is 95.2 cm³/mol. The molecule has 0 heterocycles. The summed E-state index contributed by atoms with van der Waals surface area (Å²) in [6.45, 7) is 5.81. The van der Waals surface area contributed by atoms with E-state index in [0.29, 0.717) is 12.1 Å². The fourth-order valence-electron chi connectivity index (χ4n) is 2.39. The first-order valence-electron chi connectivity index (χ1n) is 7.98. The third kappa shape index (κ3) is 4.44. The van der Waals surface area contributed by atoms with E-state index in [9.17, 15) is 9.59 Å². The lowest BCUT2D eigenvalue weighted by atomic mass is 9.83. The number of aliphatic carboxylic acids is 1. The molecule has 1 amide bonds. The zero-order chi connectivity index (χ0) is 17.7. The van der Waals surface area contributed by atoms with E-state index in [0.717, 1.165) is 16.7 Å². The molecule has 0 unspecified atom stereocenters. The average Bonchev–Trinajstić information content (AvgIpc) is 2.54. The summed E-state index contributed by atoms with van der Waals surface area (Å²) in [5, 5.41) is 11.6. The van der Waals surface area contributed by atoms with E-state index < -0.39 is 11.4 Å². The van der Waals surface area contributed by atoms with E-state index in [1.807, 2.05) is 57.2 Å². The molecule has 0 saturated carbocycles. The number of amides is 1. The third-order valence-electron chi connectivity index (χ3n) is 4.18. The van der Waals surface area contributed by atoms with Crippen LogP contribution in [-0.2, 0) is 21.4 Å². The van der Waals surface area contributed by atoms with Crippen LogP contribution in [0, 0.1) is 6.92 Å². The minimum atomic E-state index is -0.813. The van der Waals surface area contributed by atoms with E-state index in [-0.39, 0.29) is 12.3 Å². The van der Waals surface area contributed by atoms with Crippen molar-refractivity contribution in [3.8, 4) is 0 Å². The fraction of sp³-hybridized carbons (Fsp3) is 0.300. The van der Waals surface area contributed by atoms with Crippen LogP contribution in [0.25, 0.3) is 0 Å². The Balaban J connectivity index is 2.05. The zero-order valence-corrected chi connectivity index (χ0v) is 14.3. The van der Waals surface area contributed by atoms with E-state index in [1.165, 1.54) is 0 Å². The number of rotatable bonds is 6. The Labute approximate surface area is 142 Å².